The minimum atomic E-state index is -0.447. The van der Waals surface area contributed by atoms with Crippen molar-refractivity contribution in [1.82, 2.24) is 14.8 Å². The topological polar surface area (TPSA) is 61.5 Å². The maximum Gasteiger partial charge on any atom is 0.180 e. The molecule has 0 amide bonds. The molecule has 3 heterocycles. The Morgan fingerprint density at radius 3 is 2.76 bits per heavy atom. The van der Waals surface area contributed by atoms with Crippen molar-refractivity contribution in [2.75, 3.05) is 6.61 Å². The molecule has 2 aromatic carbocycles. The van der Waals surface area contributed by atoms with Crippen molar-refractivity contribution in [3.63, 3.8) is 0 Å². The van der Waals surface area contributed by atoms with Gasteiger partial charge in [0.1, 0.15) is 36.3 Å². The van der Waals surface area contributed by atoms with E-state index in [1.165, 1.54) is 23.0 Å². The highest BCUT2D eigenvalue weighted by Gasteiger charge is 2.24. The molecule has 5 rings (SSSR count). The van der Waals surface area contributed by atoms with Gasteiger partial charge in [-0.15, -0.1) is 0 Å². The van der Waals surface area contributed by atoms with Crippen molar-refractivity contribution < 1.29 is 18.3 Å². The maximum absolute atomic E-state index is 14.1. The summed E-state index contributed by atoms with van der Waals surface area (Å²) in [5.41, 5.74) is 3.25. The van der Waals surface area contributed by atoms with E-state index in [-0.39, 0.29) is 17.7 Å². The second-order valence-corrected chi connectivity index (χ2v) is 8.16. The molecule has 0 unspecified atom stereocenters. The number of para-hydroxylation sites is 1. The van der Waals surface area contributed by atoms with Crippen molar-refractivity contribution in [3.05, 3.63) is 82.3 Å². The van der Waals surface area contributed by atoms with Crippen molar-refractivity contribution >= 4 is 28.4 Å². The number of aromatic nitrogens is 3. The van der Waals surface area contributed by atoms with Crippen LogP contribution < -0.4 is 4.74 Å². The number of aryl methyl sites for hydroxylation is 1. The third-order valence-corrected chi connectivity index (χ3v) is 5.76. The monoisotopic (exact) mass is 468 g/mol. The number of rotatable bonds is 5. The zero-order chi connectivity index (χ0) is 23.1. The smallest absolute Gasteiger partial charge is 0.180 e. The number of nitrogens with zero attached hydrogens (tertiary/aromatic N) is 4. The quantitative estimate of drug-likeness (QED) is 0.375. The Morgan fingerprint density at radius 2 is 2.03 bits per heavy atom. The van der Waals surface area contributed by atoms with Crippen LogP contribution >= 0.6 is 11.6 Å². The molecular formula is C24H19ClF2N4O2. The Bertz CT molecular complexity index is 1400. The van der Waals surface area contributed by atoms with E-state index in [0.29, 0.717) is 40.6 Å². The average Bonchev–Trinajstić information content (AvgIpc) is 3.40. The van der Waals surface area contributed by atoms with Gasteiger partial charge in [-0.25, -0.2) is 23.4 Å². The minimum absolute atomic E-state index is 0.0833. The number of aliphatic imine (C=N–C) groups is 1. The summed E-state index contributed by atoms with van der Waals surface area (Å²) in [5.74, 6) is 0.177. The van der Waals surface area contributed by atoms with Gasteiger partial charge in [0.15, 0.2) is 11.7 Å². The molecule has 0 spiro atoms. The van der Waals surface area contributed by atoms with Crippen LogP contribution in [0.3, 0.4) is 0 Å². The first-order valence-corrected chi connectivity index (χ1v) is 10.7. The number of fused-ring (bicyclic) bond motifs is 1. The lowest BCUT2D eigenvalue weighted by Crippen LogP contribution is -2.08. The lowest BCUT2D eigenvalue weighted by atomic mass is 10.0. The van der Waals surface area contributed by atoms with E-state index in [1.54, 1.807) is 13.0 Å². The van der Waals surface area contributed by atoms with Gasteiger partial charge in [0, 0.05) is 23.6 Å². The molecule has 0 fully saturated rings. The molecule has 33 heavy (non-hydrogen) atoms. The van der Waals surface area contributed by atoms with Gasteiger partial charge in [-0.3, -0.25) is 0 Å². The third kappa shape index (κ3) is 4.14. The highest BCUT2D eigenvalue weighted by molar-refractivity contribution is 6.31. The molecule has 0 aliphatic carbocycles. The highest BCUT2D eigenvalue weighted by atomic mass is 35.5. The van der Waals surface area contributed by atoms with Crippen molar-refractivity contribution in [3.8, 4) is 11.4 Å². The van der Waals surface area contributed by atoms with E-state index in [9.17, 15) is 8.78 Å². The van der Waals surface area contributed by atoms with E-state index in [2.05, 4.69) is 15.1 Å². The van der Waals surface area contributed by atoms with Gasteiger partial charge in [-0.1, -0.05) is 23.7 Å². The SMILES string of the molecule is CC1=N[C@H](c2cc(F)cc(Cl)c2COc2cccc3c(-n4cc(F)cn4)cc(C)nc23)CO1. The molecule has 0 radical (unpaired) electrons. The van der Waals surface area contributed by atoms with E-state index >= 15 is 0 Å². The van der Waals surface area contributed by atoms with Gasteiger partial charge in [0.2, 0.25) is 0 Å². The molecule has 1 aliphatic rings. The Labute approximate surface area is 193 Å². The summed E-state index contributed by atoms with van der Waals surface area (Å²) in [5, 5.41) is 5.08. The van der Waals surface area contributed by atoms with Crippen LogP contribution in [0.2, 0.25) is 5.02 Å². The summed E-state index contributed by atoms with van der Waals surface area (Å²) in [4.78, 5) is 9.06. The molecule has 1 aliphatic heterocycles. The van der Waals surface area contributed by atoms with E-state index in [4.69, 9.17) is 21.1 Å². The number of hydrogen-bond donors (Lipinski definition) is 0. The summed E-state index contributed by atoms with van der Waals surface area (Å²) in [7, 11) is 0. The standard InChI is InChI=1S/C24H19ClF2N4O2/c1-13-6-22(31-10-16(27)9-28-31)17-4-3-5-23(24(17)29-13)33-11-19-18(7-15(26)8-20(19)25)21-12-32-14(2)30-21/h3-10,21H,11-12H2,1-2H3/t21-/m0/s1. The largest absolute Gasteiger partial charge is 0.487 e. The second-order valence-electron chi connectivity index (χ2n) is 7.76. The molecule has 0 saturated heterocycles. The van der Waals surface area contributed by atoms with Gasteiger partial charge < -0.3 is 9.47 Å². The lowest BCUT2D eigenvalue weighted by molar-refractivity contribution is 0.299. The molecule has 0 N–H and O–H groups in total. The molecular weight excluding hydrogens is 450 g/mol. The van der Waals surface area contributed by atoms with Crippen LogP contribution in [0.5, 0.6) is 5.75 Å². The summed E-state index contributed by atoms with van der Waals surface area (Å²) in [6.45, 7) is 4.00. The van der Waals surface area contributed by atoms with E-state index in [0.717, 1.165) is 17.3 Å². The Morgan fingerprint density at radius 1 is 1.18 bits per heavy atom. The zero-order valence-electron chi connectivity index (χ0n) is 17.8. The highest BCUT2D eigenvalue weighted by Crippen LogP contribution is 2.34. The van der Waals surface area contributed by atoms with Gasteiger partial charge >= 0.3 is 0 Å². The molecule has 1 atom stereocenters. The fraction of sp³-hybridized carbons (Fsp3) is 0.208. The van der Waals surface area contributed by atoms with Crippen LogP contribution in [-0.2, 0) is 11.3 Å². The second kappa shape index (κ2) is 8.44. The molecule has 9 heteroatoms. The van der Waals surface area contributed by atoms with Crippen molar-refractivity contribution in [2.45, 2.75) is 26.5 Å². The normalized spacial score (nSPS) is 15.5. The van der Waals surface area contributed by atoms with Crippen LogP contribution in [-0.4, -0.2) is 27.3 Å². The molecule has 2 aromatic heterocycles. The number of pyridine rings is 1. The summed E-state index contributed by atoms with van der Waals surface area (Å²) in [6, 6.07) is 9.62. The van der Waals surface area contributed by atoms with Crippen LogP contribution in [0.15, 0.2) is 53.8 Å². The Balaban J connectivity index is 1.53. The van der Waals surface area contributed by atoms with Crippen LogP contribution in [0.4, 0.5) is 8.78 Å². The fourth-order valence-electron chi connectivity index (χ4n) is 3.94. The Hall–Kier alpha value is -3.52. The maximum atomic E-state index is 14.1. The van der Waals surface area contributed by atoms with Crippen LogP contribution in [0.25, 0.3) is 16.6 Å². The predicted molar refractivity (Wildman–Crippen MR) is 121 cm³/mol. The van der Waals surface area contributed by atoms with Gasteiger partial charge in [0.05, 0.1) is 23.1 Å². The number of ether oxygens (including phenoxy) is 2. The van der Waals surface area contributed by atoms with Gasteiger partial charge in [-0.05, 0) is 36.8 Å². The number of halogens is 3. The fourth-order valence-corrected chi connectivity index (χ4v) is 4.21. The predicted octanol–water partition coefficient (Wildman–Crippen LogP) is 5.73. The van der Waals surface area contributed by atoms with Crippen LogP contribution in [0, 0.1) is 18.6 Å². The van der Waals surface area contributed by atoms with Crippen molar-refractivity contribution in [2.24, 2.45) is 4.99 Å². The van der Waals surface area contributed by atoms with E-state index in [1.807, 2.05) is 25.1 Å². The summed E-state index contributed by atoms with van der Waals surface area (Å²) >= 11 is 6.39. The van der Waals surface area contributed by atoms with Gasteiger partial charge in [0.25, 0.3) is 0 Å². The number of benzene rings is 2. The third-order valence-electron chi connectivity index (χ3n) is 5.42. The first-order valence-electron chi connectivity index (χ1n) is 10.3. The zero-order valence-corrected chi connectivity index (χ0v) is 18.6. The first kappa shape index (κ1) is 21.3. The van der Waals surface area contributed by atoms with Gasteiger partial charge in [-0.2, -0.15) is 5.10 Å². The van der Waals surface area contributed by atoms with E-state index < -0.39 is 11.6 Å². The molecule has 0 bridgehead atoms. The molecule has 0 saturated carbocycles. The molecule has 4 aromatic rings. The Kier molecular flexibility index (Phi) is 5.46. The minimum Gasteiger partial charge on any atom is -0.487 e. The molecule has 6 nitrogen and oxygen atoms in total. The summed E-state index contributed by atoms with van der Waals surface area (Å²) in [6.07, 6.45) is 2.45. The molecule has 168 valence electrons. The lowest BCUT2D eigenvalue weighted by Gasteiger charge is -2.17. The first-order chi connectivity index (χ1) is 15.9. The van der Waals surface area contributed by atoms with Crippen molar-refractivity contribution in [1.29, 1.82) is 0 Å². The number of hydrogen-bond acceptors (Lipinski definition) is 5. The summed E-state index contributed by atoms with van der Waals surface area (Å²) < 4.78 is 40.7. The average molecular weight is 469 g/mol. The van der Waals surface area contributed by atoms with Crippen LogP contribution in [0.1, 0.15) is 29.8 Å².